The van der Waals surface area contributed by atoms with Crippen LogP contribution in [0.15, 0.2) is 48.5 Å². The van der Waals surface area contributed by atoms with Crippen molar-refractivity contribution in [1.29, 1.82) is 0 Å². The third-order valence-corrected chi connectivity index (χ3v) is 3.43. The number of hydrogen-bond donors (Lipinski definition) is 2. The lowest BCUT2D eigenvalue weighted by Gasteiger charge is -2.11. The van der Waals surface area contributed by atoms with Gasteiger partial charge in [0.2, 0.25) is 0 Å². The first-order chi connectivity index (χ1) is 10.6. The van der Waals surface area contributed by atoms with Crippen molar-refractivity contribution in [2.75, 3.05) is 11.9 Å². The summed E-state index contributed by atoms with van der Waals surface area (Å²) >= 11 is 0. The average Bonchev–Trinajstić information content (AvgIpc) is 2.54. The van der Waals surface area contributed by atoms with Crippen molar-refractivity contribution in [1.82, 2.24) is 0 Å². The summed E-state index contributed by atoms with van der Waals surface area (Å²) in [6, 6.07) is 15.3. The normalized spacial score (nSPS) is 10.5. The van der Waals surface area contributed by atoms with E-state index in [9.17, 15) is 4.79 Å². The summed E-state index contributed by atoms with van der Waals surface area (Å²) in [6.07, 6.45) is 0. The maximum Gasteiger partial charge on any atom is 0.262 e. The van der Waals surface area contributed by atoms with Gasteiger partial charge in [0.25, 0.3) is 5.91 Å². The zero-order valence-electron chi connectivity index (χ0n) is 13.0. The fourth-order valence-corrected chi connectivity index (χ4v) is 2.10. The van der Waals surface area contributed by atoms with E-state index >= 15 is 0 Å². The molecule has 1 amide bonds. The molecule has 0 atom stereocenters. The Morgan fingerprint density at radius 3 is 2.45 bits per heavy atom. The molecule has 0 saturated heterocycles. The van der Waals surface area contributed by atoms with Crippen molar-refractivity contribution < 1.29 is 9.53 Å². The van der Waals surface area contributed by atoms with E-state index in [-0.39, 0.29) is 12.5 Å². The number of carbonyl (C=O) groups excluding carboxylic acids is 1. The van der Waals surface area contributed by atoms with Crippen LogP contribution in [0.3, 0.4) is 0 Å². The van der Waals surface area contributed by atoms with Crippen LogP contribution in [0.25, 0.3) is 0 Å². The van der Waals surface area contributed by atoms with Crippen LogP contribution in [0, 0.1) is 0 Å². The van der Waals surface area contributed by atoms with Gasteiger partial charge in [-0.05, 0) is 35.2 Å². The Kier molecular flexibility index (Phi) is 5.55. The molecule has 0 spiro atoms. The smallest absolute Gasteiger partial charge is 0.262 e. The Morgan fingerprint density at radius 1 is 1.14 bits per heavy atom. The van der Waals surface area contributed by atoms with Gasteiger partial charge in [0.15, 0.2) is 6.61 Å². The molecule has 2 aromatic carbocycles. The van der Waals surface area contributed by atoms with Crippen molar-refractivity contribution in [2.24, 2.45) is 5.73 Å². The van der Waals surface area contributed by atoms with Gasteiger partial charge in [-0.3, -0.25) is 4.79 Å². The molecule has 0 radical (unpaired) electrons. The lowest BCUT2D eigenvalue weighted by molar-refractivity contribution is -0.118. The van der Waals surface area contributed by atoms with E-state index < -0.39 is 0 Å². The lowest BCUT2D eigenvalue weighted by Crippen LogP contribution is -2.21. The van der Waals surface area contributed by atoms with Gasteiger partial charge in [-0.25, -0.2) is 0 Å². The van der Waals surface area contributed by atoms with Gasteiger partial charge in [0, 0.05) is 12.2 Å². The first-order valence-electron chi connectivity index (χ1n) is 7.40. The molecule has 116 valence electrons. The molecule has 0 heterocycles. The third kappa shape index (κ3) is 4.33. The van der Waals surface area contributed by atoms with Gasteiger partial charge < -0.3 is 15.8 Å². The van der Waals surface area contributed by atoms with Crippen LogP contribution in [0.1, 0.15) is 30.9 Å². The first-order valence-corrected chi connectivity index (χ1v) is 7.40. The van der Waals surface area contributed by atoms with Crippen LogP contribution >= 0.6 is 0 Å². The van der Waals surface area contributed by atoms with Gasteiger partial charge in [0.05, 0.1) is 0 Å². The minimum absolute atomic E-state index is 0.0278. The molecule has 22 heavy (non-hydrogen) atoms. The van der Waals surface area contributed by atoms with Crippen molar-refractivity contribution in [3.05, 3.63) is 59.7 Å². The Bertz CT molecular complexity index is 621. The second-order valence-electron chi connectivity index (χ2n) is 5.42. The van der Waals surface area contributed by atoms with Crippen LogP contribution in [-0.4, -0.2) is 12.5 Å². The minimum Gasteiger partial charge on any atom is -0.484 e. The highest BCUT2D eigenvalue weighted by molar-refractivity contribution is 5.92. The summed E-state index contributed by atoms with van der Waals surface area (Å²) in [4.78, 5) is 12.0. The zero-order valence-corrected chi connectivity index (χ0v) is 13.0. The second kappa shape index (κ2) is 7.61. The van der Waals surface area contributed by atoms with E-state index in [0.717, 1.165) is 11.3 Å². The van der Waals surface area contributed by atoms with E-state index in [1.165, 1.54) is 5.56 Å². The maximum atomic E-state index is 12.0. The zero-order chi connectivity index (χ0) is 15.9. The van der Waals surface area contributed by atoms with E-state index in [4.69, 9.17) is 10.5 Å². The topological polar surface area (TPSA) is 64.3 Å². The third-order valence-electron chi connectivity index (χ3n) is 3.43. The highest BCUT2D eigenvalue weighted by Crippen LogP contribution is 2.19. The van der Waals surface area contributed by atoms with Gasteiger partial charge in [-0.15, -0.1) is 0 Å². The van der Waals surface area contributed by atoms with E-state index in [1.54, 1.807) is 0 Å². The molecule has 0 aliphatic carbocycles. The number of nitrogens with one attached hydrogen (secondary N) is 1. The van der Waals surface area contributed by atoms with Gasteiger partial charge in [-0.1, -0.05) is 44.2 Å². The number of anilines is 1. The van der Waals surface area contributed by atoms with Crippen molar-refractivity contribution in [3.63, 3.8) is 0 Å². The molecule has 2 aromatic rings. The molecule has 4 heteroatoms. The molecule has 3 N–H and O–H groups in total. The molecule has 2 rings (SSSR count). The molecule has 4 nitrogen and oxygen atoms in total. The molecule has 0 saturated carbocycles. The fraction of sp³-hybridized carbons (Fsp3) is 0.278. The number of carbonyl (C=O) groups is 1. The van der Waals surface area contributed by atoms with E-state index in [2.05, 4.69) is 19.2 Å². The lowest BCUT2D eigenvalue weighted by atomic mass is 10.0. The minimum atomic E-state index is -0.200. The quantitative estimate of drug-likeness (QED) is 0.860. The first kappa shape index (κ1) is 16.0. The summed E-state index contributed by atoms with van der Waals surface area (Å²) in [7, 11) is 0. The highest BCUT2D eigenvalue weighted by atomic mass is 16.5. The summed E-state index contributed by atoms with van der Waals surface area (Å²) in [6.45, 7) is 4.63. The number of benzene rings is 2. The van der Waals surface area contributed by atoms with Gasteiger partial charge >= 0.3 is 0 Å². The fourth-order valence-electron chi connectivity index (χ4n) is 2.10. The van der Waals surface area contributed by atoms with Crippen LogP contribution in [0.4, 0.5) is 5.69 Å². The molecule has 0 aromatic heterocycles. The van der Waals surface area contributed by atoms with E-state index in [1.807, 2.05) is 48.5 Å². The van der Waals surface area contributed by atoms with Crippen LogP contribution in [0.2, 0.25) is 0 Å². The Morgan fingerprint density at radius 2 is 1.82 bits per heavy atom. The molecule has 0 aliphatic heterocycles. The van der Waals surface area contributed by atoms with Crippen LogP contribution < -0.4 is 15.8 Å². The summed E-state index contributed by atoms with van der Waals surface area (Å²) in [5.41, 5.74) is 8.52. The molecule has 0 unspecified atom stereocenters. The predicted molar refractivity (Wildman–Crippen MR) is 89.0 cm³/mol. The Labute approximate surface area is 131 Å². The number of rotatable bonds is 6. The average molecular weight is 298 g/mol. The highest BCUT2D eigenvalue weighted by Gasteiger charge is 2.07. The van der Waals surface area contributed by atoms with E-state index in [0.29, 0.717) is 18.2 Å². The molecule has 0 bridgehead atoms. The Hall–Kier alpha value is -2.33. The number of para-hydroxylation sites is 1. The maximum absolute atomic E-state index is 12.0. The standard InChI is InChI=1S/C18H22N2O2/c1-13(2)14-7-9-16(10-8-14)22-12-18(21)20-17-6-4-3-5-15(17)11-19/h3-10,13H,11-12,19H2,1-2H3,(H,20,21). The van der Waals surface area contributed by atoms with Gasteiger partial charge in [-0.2, -0.15) is 0 Å². The SMILES string of the molecule is CC(C)c1ccc(OCC(=O)Nc2ccccc2CN)cc1. The number of amides is 1. The molecular weight excluding hydrogens is 276 g/mol. The van der Waals surface area contributed by atoms with Gasteiger partial charge in [0.1, 0.15) is 5.75 Å². The largest absolute Gasteiger partial charge is 0.484 e. The van der Waals surface area contributed by atoms with Crippen LogP contribution in [0.5, 0.6) is 5.75 Å². The monoisotopic (exact) mass is 298 g/mol. The second-order valence-corrected chi connectivity index (χ2v) is 5.42. The predicted octanol–water partition coefficient (Wildman–Crippen LogP) is 3.29. The summed E-state index contributed by atoms with van der Waals surface area (Å²) in [5.74, 6) is 0.964. The van der Waals surface area contributed by atoms with Crippen molar-refractivity contribution in [2.45, 2.75) is 26.3 Å². The summed E-state index contributed by atoms with van der Waals surface area (Å²) < 4.78 is 5.50. The van der Waals surface area contributed by atoms with Crippen LogP contribution in [-0.2, 0) is 11.3 Å². The Balaban J connectivity index is 1.90. The molecule has 0 fully saturated rings. The molecule has 0 aliphatic rings. The number of nitrogens with two attached hydrogens (primary N) is 1. The number of hydrogen-bond acceptors (Lipinski definition) is 3. The van der Waals surface area contributed by atoms with Crippen molar-refractivity contribution in [3.8, 4) is 5.75 Å². The van der Waals surface area contributed by atoms with Crippen molar-refractivity contribution >= 4 is 11.6 Å². The molecular formula is C18H22N2O2. The number of ether oxygens (including phenoxy) is 1. The summed E-state index contributed by atoms with van der Waals surface area (Å²) in [5, 5.41) is 2.82.